The van der Waals surface area contributed by atoms with Crippen molar-refractivity contribution in [3.05, 3.63) is 93.4 Å². The van der Waals surface area contributed by atoms with Gasteiger partial charge in [-0.3, -0.25) is 9.78 Å². The molecular formula is C26H25Cl2N3O. The van der Waals surface area contributed by atoms with E-state index >= 15 is 0 Å². The molecule has 4 nitrogen and oxygen atoms in total. The van der Waals surface area contributed by atoms with Crippen molar-refractivity contribution < 1.29 is 4.79 Å². The Balaban J connectivity index is 1.37. The number of nitrogens with zero attached hydrogens (tertiary/aromatic N) is 2. The van der Waals surface area contributed by atoms with E-state index in [9.17, 15) is 4.79 Å². The van der Waals surface area contributed by atoms with E-state index in [1.165, 1.54) is 5.56 Å². The van der Waals surface area contributed by atoms with Crippen LogP contribution < -0.4 is 5.32 Å². The van der Waals surface area contributed by atoms with Crippen LogP contribution in [0.5, 0.6) is 0 Å². The Morgan fingerprint density at radius 1 is 1.12 bits per heavy atom. The number of nitrogens with one attached hydrogen (secondary N) is 1. The average molecular weight is 466 g/mol. The van der Waals surface area contributed by atoms with Gasteiger partial charge in [0.1, 0.15) is 0 Å². The molecule has 1 amide bonds. The summed E-state index contributed by atoms with van der Waals surface area (Å²) in [6.45, 7) is 1.54. The quantitative estimate of drug-likeness (QED) is 0.668. The molecule has 1 aromatic heterocycles. The number of rotatable bonds is 3. The molecule has 2 unspecified atom stereocenters. The third-order valence-corrected chi connectivity index (χ3v) is 7.38. The number of amides is 1. The lowest BCUT2D eigenvalue weighted by Crippen LogP contribution is -2.44. The molecule has 2 aromatic rings. The van der Waals surface area contributed by atoms with E-state index in [0.717, 1.165) is 52.7 Å². The number of benzene rings is 1. The van der Waals surface area contributed by atoms with E-state index in [1.54, 1.807) is 12.4 Å². The van der Waals surface area contributed by atoms with Gasteiger partial charge in [-0.2, -0.15) is 0 Å². The zero-order valence-corrected chi connectivity index (χ0v) is 19.2. The molecule has 0 spiro atoms. The summed E-state index contributed by atoms with van der Waals surface area (Å²) in [6.07, 6.45) is 13.9. The molecule has 5 rings (SSSR count). The summed E-state index contributed by atoms with van der Waals surface area (Å²) in [7, 11) is 0. The third kappa shape index (κ3) is 4.22. The lowest BCUT2D eigenvalue weighted by Gasteiger charge is -2.41. The van der Waals surface area contributed by atoms with Gasteiger partial charge in [-0.25, -0.2) is 0 Å². The SMILES string of the molecule is O=C(Cc1cccnc1)N1CCC(C2c3ccc(Cl)cc3C=CC3=C(Cl)C=CNC32)CC1. The first-order chi connectivity index (χ1) is 15.6. The van der Waals surface area contributed by atoms with Crippen molar-refractivity contribution in [2.24, 2.45) is 5.92 Å². The number of allylic oxidation sites excluding steroid dienone is 2. The highest BCUT2D eigenvalue weighted by Crippen LogP contribution is 2.44. The van der Waals surface area contributed by atoms with Crippen molar-refractivity contribution in [2.75, 3.05) is 13.1 Å². The molecule has 1 aromatic carbocycles. The smallest absolute Gasteiger partial charge is 0.227 e. The first kappa shape index (κ1) is 21.3. The molecule has 1 saturated heterocycles. The fourth-order valence-corrected chi connectivity index (χ4v) is 5.64. The van der Waals surface area contributed by atoms with Crippen LogP contribution in [0.2, 0.25) is 5.02 Å². The molecular weight excluding hydrogens is 441 g/mol. The van der Waals surface area contributed by atoms with Crippen LogP contribution in [0.3, 0.4) is 0 Å². The first-order valence-electron chi connectivity index (χ1n) is 11.1. The highest BCUT2D eigenvalue weighted by molar-refractivity contribution is 6.32. The lowest BCUT2D eigenvalue weighted by molar-refractivity contribution is -0.132. The van der Waals surface area contributed by atoms with Gasteiger partial charge in [0.15, 0.2) is 0 Å². The van der Waals surface area contributed by atoms with Crippen LogP contribution in [0.25, 0.3) is 6.08 Å². The third-order valence-electron chi connectivity index (χ3n) is 6.80. The molecule has 32 heavy (non-hydrogen) atoms. The Bertz CT molecular complexity index is 1100. The Labute approximate surface area is 198 Å². The van der Waals surface area contributed by atoms with Crippen LogP contribution in [0.1, 0.15) is 35.4 Å². The minimum absolute atomic E-state index is 0.105. The maximum absolute atomic E-state index is 12.8. The molecule has 3 heterocycles. The van der Waals surface area contributed by atoms with E-state index in [1.807, 2.05) is 41.4 Å². The number of pyridine rings is 1. The molecule has 1 aliphatic carbocycles. The molecule has 1 N–H and O–H groups in total. The van der Waals surface area contributed by atoms with E-state index in [0.29, 0.717) is 12.3 Å². The van der Waals surface area contributed by atoms with Gasteiger partial charge in [-0.05, 0) is 71.5 Å². The molecule has 1 fully saturated rings. The van der Waals surface area contributed by atoms with Gasteiger partial charge >= 0.3 is 0 Å². The molecule has 6 heteroatoms. The summed E-state index contributed by atoms with van der Waals surface area (Å²) in [5.74, 6) is 0.857. The second kappa shape index (κ2) is 9.13. The number of piperidine rings is 1. The maximum Gasteiger partial charge on any atom is 0.227 e. The molecule has 2 atom stereocenters. The molecule has 0 radical (unpaired) electrons. The van der Waals surface area contributed by atoms with Crippen molar-refractivity contribution in [1.29, 1.82) is 0 Å². The van der Waals surface area contributed by atoms with Gasteiger partial charge < -0.3 is 10.2 Å². The van der Waals surface area contributed by atoms with Gasteiger partial charge in [0.2, 0.25) is 5.91 Å². The number of likely N-dealkylation sites (tertiary alicyclic amines) is 1. The highest BCUT2D eigenvalue weighted by atomic mass is 35.5. The Morgan fingerprint density at radius 2 is 1.97 bits per heavy atom. The number of carbonyl (C=O) groups is 1. The molecule has 3 aliphatic rings. The van der Waals surface area contributed by atoms with Crippen LogP contribution in [-0.2, 0) is 11.2 Å². The second-order valence-corrected chi connectivity index (χ2v) is 9.51. The minimum Gasteiger partial charge on any atom is -0.383 e. The lowest BCUT2D eigenvalue weighted by atomic mass is 9.73. The van der Waals surface area contributed by atoms with Gasteiger partial charge in [-0.15, -0.1) is 0 Å². The molecule has 2 aliphatic heterocycles. The van der Waals surface area contributed by atoms with E-state index in [-0.39, 0.29) is 17.9 Å². The highest BCUT2D eigenvalue weighted by Gasteiger charge is 2.38. The summed E-state index contributed by atoms with van der Waals surface area (Å²) in [5, 5.41) is 5.08. The number of hydrogen-bond donors (Lipinski definition) is 1. The monoisotopic (exact) mass is 465 g/mol. The van der Waals surface area contributed by atoms with Gasteiger partial charge in [0.05, 0.1) is 12.5 Å². The average Bonchev–Trinajstić information content (AvgIpc) is 2.97. The van der Waals surface area contributed by atoms with Crippen molar-refractivity contribution in [2.45, 2.75) is 31.2 Å². The van der Waals surface area contributed by atoms with Crippen molar-refractivity contribution >= 4 is 35.2 Å². The van der Waals surface area contributed by atoms with Crippen molar-refractivity contribution in [3.8, 4) is 0 Å². The van der Waals surface area contributed by atoms with E-state index < -0.39 is 0 Å². The number of aromatic nitrogens is 1. The number of halogens is 2. The summed E-state index contributed by atoms with van der Waals surface area (Å²) in [6, 6.07) is 10.1. The largest absolute Gasteiger partial charge is 0.383 e. The number of carbonyl (C=O) groups excluding carboxylic acids is 1. The maximum atomic E-state index is 12.8. The van der Waals surface area contributed by atoms with Crippen molar-refractivity contribution in [1.82, 2.24) is 15.2 Å². The van der Waals surface area contributed by atoms with Crippen LogP contribution in [0.15, 0.2) is 71.7 Å². The van der Waals surface area contributed by atoms with E-state index in [2.05, 4.69) is 28.5 Å². The Hall–Kier alpha value is -2.56. The standard InChI is InChI=1S/C26H25Cl2N3O/c27-20-4-6-21-19(15-20)3-5-22-23(28)7-11-30-26(22)25(21)18-8-12-31(13-9-18)24(32)14-17-2-1-10-29-16-17/h1-7,10-11,15-16,18,25-26,30H,8-9,12-14H2. The zero-order chi connectivity index (χ0) is 22.1. The molecule has 0 saturated carbocycles. The number of hydrogen-bond acceptors (Lipinski definition) is 3. The van der Waals surface area contributed by atoms with Crippen LogP contribution in [0, 0.1) is 5.92 Å². The predicted molar refractivity (Wildman–Crippen MR) is 129 cm³/mol. The second-order valence-electron chi connectivity index (χ2n) is 8.67. The zero-order valence-electron chi connectivity index (χ0n) is 17.7. The Kier molecular flexibility index (Phi) is 6.07. The predicted octanol–water partition coefficient (Wildman–Crippen LogP) is 5.31. The van der Waals surface area contributed by atoms with Gasteiger partial charge in [0.25, 0.3) is 0 Å². The topological polar surface area (TPSA) is 45.2 Å². The summed E-state index contributed by atoms with van der Waals surface area (Å²) >= 11 is 12.9. The Morgan fingerprint density at radius 3 is 2.75 bits per heavy atom. The molecule has 164 valence electrons. The summed E-state index contributed by atoms with van der Waals surface area (Å²) < 4.78 is 0. The fourth-order valence-electron chi connectivity index (χ4n) is 5.22. The van der Waals surface area contributed by atoms with Crippen LogP contribution in [-0.4, -0.2) is 34.9 Å². The first-order valence-corrected chi connectivity index (χ1v) is 11.8. The normalized spacial score (nSPS) is 22.8. The summed E-state index contributed by atoms with van der Waals surface area (Å²) in [5.41, 5.74) is 4.51. The fraction of sp³-hybridized carbons (Fsp3) is 0.308. The minimum atomic E-state index is 0.105. The van der Waals surface area contributed by atoms with Crippen LogP contribution in [0.4, 0.5) is 0 Å². The summed E-state index contributed by atoms with van der Waals surface area (Å²) in [4.78, 5) is 19.0. The van der Waals surface area contributed by atoms with Gasteiger partial charge in [0, 0.05) is 41.5 Å². The van der Waals surface area contributed by atoms with Crippen LogP contribution >= 0.6 is 23.2 Å². The van der Waals surface area contributed by atoms with Crippen molar-refractivity contribution in [3.63, 3.8) is 0 Å². The van der Waals surface area contributed by atoms with Gasteiger partial charge in [-0.1, -0.05) is 47.5 Å². The number of fused-ring (bicyclic) bond motifs is 2. The number of dihydropyridines is 1. The molecule has 0 bridgehead atoms. The van der Waals surface area contributed by atoms with E-state index in [4.69, 9.17) is 23.2 Å².